The SMILES string of the molecule is COc1ncccc1C(=O)NCc1ccccc1O. The second-order valence-electron chi connectivity index (χ2n) is 3.87. The lowest BCUT2D eigenvalue weighted by Crippen LogP contribution is -2.23. The van der Waals surface area contributed by atoms with Crippen LogP contribution in [0.15, 0.2) is 42.6 Å². The van der Waals surface area contributed by atoms with E-state index in [4.69, 9.17) is 4.74 Å². The van der Waals surface area contributed by atoms with E-state index >= 15 is 0 Å². The molecule has 0 aliphatic carbocycles. The van der Waals surface area contributed by atoms with Gasteiger partial charge in [0.15, 0.2) is 0 Å². The molecule has 0 saturated carbocycles. The summed E-state index contributed by atoms with van der Waals surface area (Å²) < 4.78 is 5.02. The highest BCUT2D eigenvalue weighted by Crippen LogP contribution is 2.16. The number of hydrogen-bond acceptors (Lipinski definition) is 4. The van der Waals surface area contributed by atoms with Gasteiger partial charge in [-0.15, -0.1) is 0 Å². The van der Waals surface area contributed by atoms with Gasteiger partial charge in [-0.1, -0.05) is 18.2 Å². The molecule has 0 aliphatic rings. The van der Waals surface area contributed by atoms with E-state index in [9.17, 15) is 9.90 Å². The van der Waals surface area contributed by atoms with Crippen molar-refractivity contribution < 1.29 is 14.6 Å². The molecule has 1 amide bonds. The van der Waals surface area contributed by atoms with Crippen LogP contribution in [0.25, 0.3) is 0 Å². The first-order chi connectivity index (χ1) is 9.22. The third kappa shape index (κ3) is 3.01. The molecule has 5 heteroatoms. The Bertz CT molecular complexity index is 584. The van der Waals surface area contributed by atoms with Gasteiger partial charge < -0.3 is 15.2 Å². The minimum atomic E-state index is -0.298. The standard InChI is InChI=1S/C14H14N2O3/c1-19-14-11(6-4-8-15-14)13(18)16-9-10-5-2-3-7-12(10)17/h2-8,17H,9H2,1H3,(H,16,18). The number of methoxy groups -OCH3 is 1. The van der Waals surface area contributed by atoms with Crippen molar-refractivity contribution >= 4 is 5.91 Å². The molecule has 0 spiro atoms. The number of pyridine rings is 1. The van der Waals surface area contributed by atoms with Gasteiger partial charge in [-0.25, -0.2) is 4.98 Å². The summed E-state index contributed by atoms with van der Waals surface area (Å²) in [6.45, 7) is 0.240. The zero-order valence-corrected chi connectivity index (χ0v) is 10.5. The van der Waals surface area contributed by atoms with Crippen LogP contribution in [0.2, 0.25) is 0 Å². The summed E-state index contributed by atoms with van der Waals surface area (Å²) in [5.74, 6) is 0.131. The van der Waals surface area contributed by atoms with Crippen LogP contribution in [0.1, 0.15) is 15.9 Å². The molecule has 0 fully saturated rings. The summed E-state index contributed by atoms with van der Waals surface area (Å²) >= 11 is 0. The van der Waals surface area contributed by atoms with Crippen molar-refractivity contribution in [2.24, 2.45) is 0 Å². The van der Waals surface area contributed by atoms with E-state index in [1.807, 2.05) is 0 Å². The first kappa shape index (κ1) is 12.9. The Morgan fingerprint density at radius 1 is 1.32 bits per heavy atom. The number of carbonyl (C=O) groups excluding carboxylic acids is 1. The number of phenols is 1. The zero-order chi connectivity index (χ0) is 13.7. The van der Waals surface area contributed by atoms with Crippen molar-refractivity contribution in [1.29, 1.82) is 0 Å². The highest BCUT2D eigenvalue weighted by Gasteiger charge is 2.12. The van der Waals surface area contributed by atoms with Gasteiger partial charge in [-0.2, -0.15) is 0 Å². The summed E-state index contributed by atoms with van der Waals surface area (Å²) in [4.78, 5) is 16.0. The van der Waals surface area contributed by atoms with E-state index in [0.717, 1.165) is 0 Å². The molecule has 98 valence electrons. The van der Waals surface area contributed by atoms with Gasteiger partial charge in [0.2, 0.25) is 5.88 Å². The topological polar surface area (TPSA) is 71.5 Å². The normalized spacial score (nSPS) is 9.95. The molecule has 0 radical (unpaired) electrons. The van der Waals surface area contributed by atoms with Gasteiger partial charge >= 0.3 is 0 Å². The minimum absolute atomic E-state index is 0.154. The van der Waals surface area contributed by atoms with E-state index in [2.05, 4.69) is 10.3 Å². The summed E-state index contributed by atoms with van der Waals surface area (Å²) in [5.41, 5.74) is 1.01. The molecule has 2 aromatic rings. The van der Waals surface area contributed by atoms with E-state index in [0.29, 0.717) is 11.1 Å². The highest BCUT2D eigenvalue weighted by molar-refractivity contribution is 5.96. The Balaban J connectivity index is 2.08. The average molecular weight is 258 g/mol. The second kappa shape index (κ2) is 5.86. The van der Waals surface area contributed by atoms with Crippen LogP contribution < -0.4 is 10.1 Å². The van der Waals surface area contributed by atoms with E-state index in [1.54, 1.807) is 42.6 Å². The summed E-state index contributed by atoms with van der Waals surface area (Å²) in [6, 6.07) is 10.1. The maximum atomic E-state index is 12.0. The molecule has 0 saturated heterocycles. The molecule has 1 aromatic carbocycles. The Labute approximate surface area is 110 Å². The van der Waals surface area contributed by atoms with Gasteiger partial charge in [0.25, 0.3) is 5.91 Å². The number of aromatic nitrogens is 1. The third-order valence-electron chi connectivity index (χ3n) is 2.64. The van der Waals surface area contributed by atoms with Gasteiger partial charge in [0, 0.05) is 18.3 Å². The van der Waals surface area contributed by atoms with Crippen LogP contribution in [-0.4, -0.2) is 23.1 Å². The monoisotopic (exact) mass is 258 g/mol. The molecule has 0 aliphatic heterocycles. The molecule has 1 aromatic heterocycles. The first-order valence-electron chi connectivity index (χ1n) is 5.76. The van der Waals surface area contributed by atoms with Gasteiger partial charge in [-0.3, -0.25) is 4.79 Å². The summed E-state index contributed by atoms with van der Waals surface area (Å²) in [6.07, 6.45) is 1.55. The lowest BCUT2D eigenvalue weighted by atomic mass is 10.2. The van der Waals surface area contributed by atoms with Gasteiger partial charge in [0.05, 0.1) is 7.11 Å². The van der Waals surface area contributed by atoms with Crippen molar-refractivity contribution in [2.75, 3.05) is 7.11 Å². The number of para-hydroxylation sites is 1. The molecule has 19 heavy (non-hydrogen) atoms. The fourth-order valence-electron chi connectivity index (χ4n) is 1.66. The van der Waals surface area contributed by atoms with Crippen LogP contribution in [0.5, 0.6) is 11.6 Å². The number of phenolic OH excluding ortho intramolecular Hbond substituents is 1. The van der Waals surface area contributed by atoms with Crippen molar-refractivity contribution in [3.05, 3.63) is 53.7 Å². The number of hydrogen-bond donors (Lipinski definition) is 2. The van der Waals surface area contributed by atoms with Crippen LogP contribution in [0.3, 0.4) is 0 Å². The van der Waals surface area contributed by atoms with Crippen molar-refractivity contribution in [1.82, 2.24) is 10.3 Å². The van der Waals surface area contributed by atoms with Gasteiger partial charge in [-0.05, 0) is 18.2 Å². The number of carbonyl (C=O) groups is 1. The van der Waals surface area contributed by atoms with Crippen molar-refractivity contribution in [3.8, 4) is 11.6 Å². The molecule has 5 nitrogen and oxygen atoms in total. The number of aromatic hydroxyl groups is 1. The molecule has 0 bridgehead atoms. The van der Waals surface area contributed by atoms with E-state index in [1.165, 1.54) is 7.11 Å². The van der Waals surface area contributed by atoms with Crippen LogP contribution >= 0.6 is 0 Å². The zero-order valence-electron chi connectivity index (χ0n) is 10.5. The maximum Gasteiger partial charge on any atom is 0.257 e. The van der Waals surface area contributed by atoms with Crippen LogP contribution in [0.4, 0.5) is 0 Å². The largest absolute Gasteiger partial charge is 0.508 e. The predicted octanol–water partition coefficient (Wildman–Crippen LogP) is 1.73. The van der Waals surface area contributed by atoms with Crippen LogP contribution in [0, 0.1) is 0 Å². The fraction of sp³-hybridized carbons (Fsp3) is 0.143. The van der Waals surface area contributed by atoms with E-state index < -0.39 is 0 Å². The first-order valence-corrected chi connectivity index (χ1v) is 5.76. The molecule has 2 N–H and O–H groups in total. The maximum absolute atomic E-state index is 12.0. The smallest absolute Gasteiger partial charge is 0.257 e. The minimum Gasteiger partial charge on any atom is -0.508 e. The molecule has 2 rings (SSSR count). The average Bonchev–Trinajstić information content (AvgIpc) is 2.46. The Morgan fingerprint density at radius 3 is 2.84 bits per heavy atom. The third-order valence-corrected chi connectivity index (χ3v) is 2.64. The number of amides is 1. The lowest BCUT2D eigenvalue weighted by molar-refractivity contribution is 0.0947. The number of rotatable bonds is 4. The molecular weight excluding hydrogens is 244 g/mol. The number of benzene rings is 1. The summed E-state index contributed by atoms with van der Waals surface area (Å²) in [7, 11) is 1.46. The lowest BCUT2D eigenvalue weighted by Gasteiger charge is -2.09. The molecule has 0 unspecified atom stereocenters. The van der Waals surface area contributed by atoms with Gasteiger partial charge in [0.1, 0.15) is 11.3 Å². The Hall–Kier alpha value is -2.56. The number of nitrogens with zero attached hydrogens (tertiary/aromatic N) is 1. The number of ether oxygens (including phenoxy) is 1. The van der Waals surface area contributed by atoms with Crippen LogP contribution in [-0.2, 0) is 6.54 Å². The Morgan fingerprint density at radius 2 is 2.11 bits per heavy atom. The fourth-order valence-corrected chi connectivity index (χ4v) is 1.66. The molecular formula is C14H14N2O3. The molecule has 1 heterocycles. The quantitative estimate of drug-likeness (QED) is 0.876. The second-order valence-corrected chi connectivity index (χ2v) is 3.87. The van der Waals surface area contributed by atoms with E-state index in [-0.39, 0.29) is 24.1 Å². The van der Waals surface area contributed by atoms with Crippen molar-refractivity contribution in [3.63, 3.8) is 0 Å². The predicted molar refractivity (Wildman–Crippen MR) is 70.1 cm³/mol. The number of nitrogens with one attached hydrogen (secondary N) is 1. The Kier molecular flexibility index (Phi) is 3.97. The highest BCUT2D eigenvalue weighted by atomic mass is 16.5. The van der Waals surface area contributed by atoms with Crippen molar-refractivity contribution in [2.45, 2.75) is 6.54 Å². The molecule has 0 atom stereocenters. The summed E-state index contributed by atoms with van der Waals surface area (Å²) in [5, 5.41) is 12.3.